The van der Waals surface area contributed by atoms with E-state index >= 15 is 0 Å². The monoisotopic (exact) mass is 276 g/mol. The first-order valence-electron chi connectivity index (χ1n) is 7.61. The number of hydrogen-bond acceptors (Lipinski definition) is 3. The van der Waals surface area contributed by atoms with E-state index in [2.05, 4.69) is 36.9 Å². The topological polar surface area (TPSA) is 38.5 Å². The highest BCUT2D eigenvalue weighted by molar-refractivity contribution is 5.33. The Labute approximate surface area is 123 Å². The zero-order valence-corrected chi connectivity index (χ0v) is 13.1. The van der Waals surface area contributed by atoms with Gasteiger partial charge in [-0.1, -0.05) is 18.2 Å². The normalized spacial score (nSPS) is 18.2. The molecule has 0 amide bonds. The van der Waals surface area contributed by atoms with Gasteiger partial charge in [-0.2, -0.15) is 0 Å². The summed E-state index contributed by atoms with van der Waals surface area (Å²) in [5, 5.41) is 0. The summed E-state index contributed by atoms with van der Waals surface area (Å²) in [5.74, 6) is 1.79. The van der Waals surface area contributed by atoms with Crippen LogP contribution in [0.4, 0.5) is 0 Å². The summed E-state index contributed by atoms with van der Waals surface area (Å²) in [4.78, 5) is 2.50. The van der Waals surface area contributed by atoms with Crippen LogP contribution in [0.3, 0.4) is 0 Å². The minimum atomic E-state index is -0.0878. The van der Waals surface area contributed by atoms with Crippen molar-refractivity contribution in [2.45, 2.75) is 38.6 Å². The second-order valence-corrected chi connectivity index (χ2v) is 6.72. The van der Waals surface area contributed by atoms with Crippen molar-refractivity contribution in [2.24, 2.45) is 11.7 Å². The van der Waals surface area contributed by atoms with Crippen LogP contribution in [0.2, 0.25) is 0 Å². The van der Waals surface area contributed by atoms with Gasteiger partial charge in [-0.3, -0.25) is 0 Å². The van der Waals surface area contributed by atoms with Crippen molar-refractivity contribution in [1.82, 2.24) is 4.90 Å². The summed E-state index contributed by atoms with van der Waals surface area (Å²) >= 11 is 0. The number of methoxy groups -OCH3 is 1. The minimum Gasteiger partial charge on any atom is -0.496 e. The smallest absolute Gasteiger partial charge is 0.122 e. The predicted molar refractivity (Wildman–Crippen MR) is 84.1 cm³/mol. The number of benzene rings is 1. The molecule has 1 saturated heterocycles. The van der Waals surface area contributed by atoms with E-state index in [4.69, 9.17) is 10.5 Å². The maximum Gasteiger partial charge on any atom is 0.122 e. The first-order valence-corrected chi connectivity index (χ1v) is 7.61. The molecule has 1 heterocycles. The maximum absolute atomic E-state index is 6.10. The lowest BCUT2D eigenvalue weighted by Crippen LogP contribution is -2.48. The molecule has 0 bridgehead atoms. The average molecular weight is 276 g/mol. The second-order valence-electron chi connectivity index (χ2n) is 6.72. The molecule has 1 aromatic carbocycles. The van der Waals surface area contributed by atoms with Crippen molar-refractivity contribution in [1.29, 1.82) is 0 Å². The number of para-hydroxylation sites is 1. The standard InChI is InChI=1S/C17H28N2O/c1-17(2,18)13-19-10-8-14(9-11-19)12-15-6-4-5-7-16(15)20-3/h4-7,14H,8-13,18H2,1-3H3. The van der Waals surface area contributed by atoms with Gasteiger partial charge in [0.1, 0.15) is 5.75 Å². The van der Waals surface area contributed by atoms with E-state index in [1.54, 1.807) is 7.11 Å². The molecule has 1 aliphatic rings. The van der Waals surface area contributed by atoms with Gasteiger partial charge in [-0.15, -0.1) is 0 Å². The van der Waals surface area contributed by atoms with Gasteiger partial charge in [-0.25, -0.2) is 0 Å². The molecule has 0 saturated carbocycles. The fraction of sp³-hybridized carbons (Fsp3) is 0.647. The molecule has 3 heteroatoms. The summed E-state index contributed by atoms with van der Waals surface area (Å²) in [6.07, 6.45) is 3.64. The molecule has 1 aliphatic heterocycles. The summed E-state index contributed by atoms with van der Waals surface area (Å²) in [7, 11) is 1.75. The highest BCUT2D eigenvalue weighted by atomic mass is 16.5. The van der Waals surface area contributed by atoms with Crippen molar-refractivity contribution in [3.63, 3.8) is 0 Å². The van der Waals surface area contributed by atoms with Gasteiger partial charge in [0.25, 0.3) is 0 Å². The number of piperidine rings is 1. The van der Waals surface area contributed by atoms with Crippen molar-refractivity contribution in [3.8, 4) is 5.75 Å². The fourth-order valence-electron chi connectivity index (χ4n) is 3.11. The van der Waals surface area contributed by atoms with Crippen LogP contribution in [0, 0.1) is 5.92 Å². The third-order valence-corrected chi connectivity index (χ3v) is 4.04. The summed E-state index contributed by atoms with van der Waals surface area (Å²) < 4.78 is 5.45. The Kier molecular flexibility index (Phi) is 5.06. The number of nitrogens with zero attached hydrogens (tertiary/aromatic N) is 1. The molecular weight excluding hydrogens is 248 g/mol. The molecule has 0 aromatic heterocycles. The largest absolute Gasteiger partial charge is 0.496 e. The van der Waals surface area contributed by atoms with Gasteiger partial charge in [0.2, 0.25) is 0 Å². The van der Waals surface area contributed by atoms with E-state index < -0.39 is 0 Å². The van der Waals surface area contributed by atoms with Crippen molar-refractivity contribution >= 4 is 0 Å². The molecule has 1 fully saturated rings. The molecule has 112 valence electrons. The van der Waals surface area contributed by atoms with E-state index in [0.717, 1.165) is 24.6 Å². The highest BCUT2D eigenvalue weighted by Crippen LogP contribution is 2.26. The van der Waals surface area contributed by atoms with E-state index in [-0.39, 0.29) is 5.54 Å². The Hall–Kier alpha value is -1.06. The van der Waals surface area contributed by atoms with Gasteiger partial charge in [0.05, 0.1) is 7.11 Å². The number of likely N-dealkylation sites (tertiary alicyclic amines) is 1. The Morgan fingerprint density at radius 1 is 1.25 bits per heavy atom. The number of rotatable bonds is 5. The van der Waals surface area contributed by atoms with Crippen LogP contribution in [0.25, 0.3) is 0 Å². The van der Waals surface area contributed by atoms with E-state index in [1.165, 1.54) is 31.5 Å². The third kappa shape index (κ3) is 4.50. The summed E-state index contributed by atoms with van der Waals surface area (Å²) in [6, 6.07) is 8.38. The average Bonchev–Trinajstić information content (AvgIpc) is 2.40. The molecule has 0 radical (unpaired) electrons. The van der Waals surface area contributed by atoms with E-state index in [1.807, 2.05) is 6.07 Å². The first-order chi connectivity index (χ1) is 9.48. The van der Waals surface area contributed by atoms with Crippen LogP contribution in [0.15, 0.2) is 24.3 Å². The lowest BCUT2D eigenvalue weighted by molar-refractivity contribution is 0.157. The zero-order valence-electron chi connectivity index (χ0n) is 13.1. The molecule has 20 heavy (non-hydrogen) atoms. The van der Waals surface area contributed by atoms with Crippen molar-refractivity contribution < 1.29 is 4.74 Å². The van der Waals surface area contributed by atoms with Crippen molar-refractivity contribution in [2.75, 3.05) is 26.7 Å². The van der Waals surface area contributed by atoms with Gasteiger partial charge in [0.15, 0.2) is 0 Å². The lowest BCUT2D eigenvalue weighted by atomic mass is 9.89. The van der Waals surface area contributed by atoms with Crippen LogP contribution in [-0.2, 0) is 6.42 Å². The zero-order chi connectivity index (χ0) is 14.6. The molecular formula is C17H28N2O. The van der Waals surface area contributed by atoms with Crippen LogP contribution in [-0.4, -0.2) is 37.2 Å². The summed E-state index contributed by atoms with van der Waals surface area (Å²) in [5.41, 5.74) is 7.36. The SMILES string of the molecule is COc1ccccc1CC1CCN(CC(C)(C)N)CC1. The third-order valence-electron chi connectivity index (χ3n) is 4.04. The van der Waals surface area contributed by atoms with Gasteiger partial charge in [-0.05, 0) is 63.7 Å². The molecule has 2 rings (SSSR count). The molecule has 0 unspecified atom stereocenters. The Balaban J connectivity index is 1.85. The van der Waals surface area contributed by atoms with E-state index in [9.17, 15) is 0 Å². The number of hydrogen-bond donors (Lipinski definition) is 1. The van der Waals surface area contributed by atoms with Gasteiger partial charge >= 0.3 is 0 Å². The molecule has 3 nitrogen and oxygen atoms in total. The van der Waals surface area contributed by atoms with Crippen molar-refractivity contribution in [3.05, 3.63) is 29.8 Å². The molecule has 0 atom stereocenters. The predicted octanol–water partition coefficient (Wildman–Crippen LogP) is 2.69. The van der Waals surface area contributed by atoms with Crippen LogP contribution in [0.5, 0.6) is 5.75 Å². The van der Waals surface area contributed by atoms with E-state index in [0.29, 0.717) is 0 Å². The Morgan fingerprint density at radius 3 is 2.50 bits per heavy atom. The Bertz CT molecular complexity index is 417. The molecule has 1 aromatic rings. The lowest BCUT2D eigenvalue weighted by Gasteiger charge is -2.36. The number of ether oxygens (including phenoxy) is 1. The quantitative estimate of drug-likeness (QED) is 0.898. The fourth-order valence-corrected chi connectivity index (χ4v) is 3.11. The molecule has 2 N–H and O–H groups in total. The molecule has 0 spiro atoms. The first kappa shape index (κ1) is 15.3. The highest BCUT2D eigenvalue weighted by Gasteiger charge is 2.23. The minimum absolute atomic E-state index is 0.0878. The van der Waals surface area contributed by atoms with Gasteiger partial charge in [0, 0.05) is 12.1 Å². The number of nitrogens with two attached hydrogens (primary N) is 1. The van der Waals surface area contributed by atoms with Crippen LogP contribution < -0.4 is 10.5 Å². The Morgan fingerprint density at radius 2 is 1.90 bits per heavy atom. The maximum atomic E-state index is 6.10. The molecule has 0 aliphatic carbocycles. The second kappa shape index (κ2) is 6.59. The van der Waals surface area contributed by atoms with Crippen LogP contribution in [0.1, 0.15) is 32.3 Å². The van der Waals surface area contributed by atoms with Crippen LogP contribution >= 0.6 is 0 Å². The van der Waals surface area contributed by atoms with Gasteiger partial charge < -0.3 is 15.4 Å². The summed E-state index contributed by atoms with van der Waals surface area (Å²) in [6.45, 7) is 7.54.